The first-order chi connectivity index (χ1) is 11.4. The van der Waals surface area contributed by atoms with Gasteiger partial charge in [-0.1, -0.05) is 32.1 Å². The van der Waals surface area contributed by atoms with Crippen molar-refractivity contribution in [1.29, 1.82) is 0 Å². The van der Waals surface area contributed by atoms with Gasteiger partial charge in [0.15, 0.2) is 0 Å². The molecule has 4 rings (SSSR count). The van der Waals surface area contributed by atoms with Crippen molar-refractivity contribution in [2.45, 2.75) is 69.7 Å². The fourth-order valence-electron chi connectivity index (χ4n) is 4.18. The second-order valence-electron chi connectivity index (χ2n) is 7.09. The van der Waals surface area contributed by atoms with Gasteiger partial charge in [-0.3, -0.25) is 5.10 Å². The molecule has 2 saturated carbocycles. The molecular weight excluding hydrogens is 284 g/mol. The Morgan fingerprint density at radius 3 is 2.61 bits per heavy atom. The highest BCUT2D eigenvalue weighted by molar-refractivity contribution is 5.68. The van der Waals surface area contributed by atoms with E-state index in [2.05, 4.69) is 32.6 Å². The zero-order valence-electron chi connectivity index (χ0n) is 13.7. The first-order valence-corrected chi connectivity index (χ1v) is 9.16. The van der Waals surface area contributed by atoms with Crippen LogP contribution in [0.4, 0.5) is 5.82 Å². The molecule has 2 aliphatic carbocycles. The largest absolute Gasteiger partial charge is 0.367 e. The van der Waals surface area contributed by atoms with Crippen molar-refractivity contribution in [2.24, 2.45) is 0 Å². The smallest absolute Gasteiger partial charge is 0.126 e. The van der Waals surface area contributed by atoms with Crippen molar-refractivity contribution < 1.29 is 0 Å². The van der Waals surface area contributed by atoms with Gasteiger partial charge in [-0.25, -0.2) is 4.98 Å². The molecule has 4 heteroatoms. The van der Waals surface area contributed by atoms with Crippen molar-refractivity contribution in [1.82, 2.24) is 15.2 Å². The van der Waals surface area contributed by atoms with E-state index in [0.29, 0.717) is 12.0 Å². The van der Waals surface area contributed by atoms with Crippen LogP contribution in [0, 0.1) is 0 Å². The summed E-state index contributed by atoms with van der Waals surface area (Å²) in [6.45, 7) is 0. The molecule has 2 aromatic heterocycles. The van der Waals surface area contributed by atoms with Gasteiger partial charge in [-0.2, -0.15) is 5.10 Å². The summed E-state index contributed by atoms with van der Waals surface area (Å²) in [6.07, 6.45) is 15.7. The van der Waals surface area contributed by atoms with Gasteiger partial charge in [-0.15, -0.1) is 0 Å². The maximum atomic E-state index is 4.53. The second-order valence-corrected chi connectivity index (χ2v) is 7.09. The highest BCUT2D eigenvalue weighted by Crippen LogP contribution is 2.38. The van der Waals surface area contributed by atoms with Gasteiger partial charge in [0, 0.05) is 29.4 Å². The molecule has 2 aromatic rings. The molecule has 0 bridgehead atoms. The summed E-state index contributed by atoms with van der Waals surface area (Å²) in [5, 5.41) is 11.2. The lowest BCUT2D eigenvalue weighted by molar-refractivity contribution is 0.462. The third-order valence-corrected chi connectivity index (χ3v) is 5.46. The molecule has 4 nitrogen and oxygen atoms in total. The van der Waals surface area contributed by atoms with E-state index in [-0.39, 0.29) is 0 Å². The Kier molecular flexibility index (Phi) is 4.31. The summed E-state index contributed by atoms with van der Waals surface area (Å²) in [5.74, 6) is 1.66. The van der Waals surface area contributed by atoms with Gasteiger partial charge < -0.3 is 5.32 Å². The van der Waals surface area contributed by atoms with E-state index in [9.17, 15) is 0 Å². The molecule has 2 heterocycles. The summed E-state index contributed by atoms with van der Waals surface area (Å²) in [5.41, 5.74) is 3.80. The van der Waals surface area contributed by atoms with Crippen LogP contribution in [0.15, 0.2) is 24.5 Å². The molecule has 0 spiro atoms. The van der Waals surface area contributed by atoms with Gasteiger partial charge in [0.25, 0.3) is 0 Å². The minimum Gasteiger partial charge on any atom is -0.367 e. The summed E-state index contributed by atoms with van der Waals surface area (Å²) in [6, 6.07) is 4.89. The number of hydrogen-bond donors (Lipinski definition) is 2. The van der Waals surface area contributed by atoms with Crippen molar-refractivity contribution >= 4 is 5.82 Å². The van der Waals surface area contributed by atoms with E-state index >= 15 is 0 Å². The highest BCUT2D eigenvalue weighted by atomic mass is 15.1. The van der Waals surface area contributed by atoms with Crippen LogP contribution in [-0.2, 0) is 0 Å². The van der Waals surface area contributed by atoms with E-state index < -0.39 is 0 Å². The Hall–Kier alpha value is -1.84. The molecular formula is C19H26N4. The molecule has 23 heavy (non-hydrogen) atoms. The van der Waals surface area contributed by atoms with Gasteiger partial charge in [0.2, 0.25) is 0 Å². The standard InChI is InChI=1S/C19H26N4/c1-2-8-16(9-3-1)22-18-12-15(10-11-20-18)17-13-21-23-19(17)14-6-4-5-7-14/h10-14,16H,1-9H2,(H,20,22)(H,21,23). The fourth-order valence-corrected chi connectivity index (χ4v) is 4.18. The molecule has 0 radical (unpaired) electrons. The Balaban J connectivity index is 1.55. The number of hydrogen-bond acceptors (Lipinski definition) is 3. The summed E-state index contributed by atoms with van der Waals surface area (Å²) < 4.78 is 0. The number of H-pyrrole nitrogens is 1. The minimum absolute atomic E-state index is 0.588. The van der Waals surface area contributed by atoms with Gasteiger partial charge >= 0.3 is 0 Å². The predicted molar refractivity (Wildman–Crippen MR) is 93.5 cm³/mol. The molecule has 2 fully saturated rings. The van der Waals surface area contributed by atoms with Crippen molar-refractivity contribution in [3.8, 4) is 11.1 Å². The van der Waals surface area contributed by atoms with Crippen molar-refractivity contribution in [3.05, 3.63) is 30.2 Å². The summed E-state index contributed by atoms with van der Waals surface area (Å²) in [4.78, 5) is 4.53. The van der Waals surface area contributed by atoms with Gasteiger partial charge in [0.05, 0.1) is 6.20 Å². The van der Waals surface area contributed by atoms with Crippen molar-refractivity contribution in [3.63, 3.8) is 0 Å². The summed E-state index contributed by atoms with van der Waals surface area (Å²) in [7, 11) is 0. The molecule has 122 valence electrons. The number of aromatic nitrogens is 3. The number of anilines is 1. The first-order valence-electron chi connectivity index (χ1n) is 9.16. The number of pyridine rings is 1. The molecule has 2 aliphatic rings. The van der Waals surface area contributed by atoms with Crippen LogP contribution in [0.3, 0.4) is 0 Å². The third-order valence-electron chi connectivity index (χ3n) is 5.46. The Morgan fingerprint density at radius 2 is 1.78 bits per heavy atom. The topological polar surface area (TPSA) is 53.6 Å². The molecule has 0 atom stereocenters. The number of aromatic amines is 1. The zero-order chi connectivity index (χ0) is 15.5. The molecule has 0 unspecified atom stereocenters. The van der Waals surface area contributed by atoms with Crippen molar-refractivity contribution in [2.75, 3.05) is 5.32 Å². The van der Waals surface area contributed by atoms with Gasteiger partial charge in [-0.05, 0) is 43.4 Å². The Labute approximate surface area is 138 Å². The number of nitrogens with one attached hydrogen (secondary N) is 2. The number of rotatable bonds is 4. The van der Waals surface area contributed by atoms with Crippen LogP contribution in [0.5, 0.6) is 0 Å². The Bertz CT molecular complexity index is 636. The van der Waals surface area contributed by atoms with E-state index in [0.717, 1.165) is 5.82 Å². The highest BCUT2D eigenvalue weighted by Gasteiger charge is 2.22. The van der Waals surface area contributed by atoms with Crippen LogP contribution in [0.1, 0.15) is 69.4 Å². The van der Waals surface area contributed by atoms with Crippen LogP contribution in [-0.4, -0.2) is 21.2 Å². The monoisotopic (exact) mass is 310 g/mol. The lowest BCUT2D eigenvalue weighted by atomic mass is 9.95. The quantitative estimate of drug-likeness (QED) is 0.846. The molecule has 0 aromatic carbocycles. The maximum Gasteiger partial charge on any atom is 0.126 e. The van der Waals surface area contributed by atoms with E-state index in [1.807, 2.05) is 12.4 Å². The normalized spacial score (nSPS) is 20.0. The first kappa shape index (κ1) is 14.7. The lowest BCUT2D eigenvalue weighted by Gasteiger charge is -2.23. The van der Waals surface area contributed by atoms with Gasteiger partial charge in [0.1, 0.15) is 5.82 Å². The fraction of sp³-hybridized carbons (Fsp3) is 0.579. The van der Waals surface area contributed by atoms with Crippen LogP contribution in [0.2, 0.25) is 0 Å². The molecule has 0 aliphatic heterocycles. The van der Waals surface area contributed by atoms with E-state index in [1.165, 1.54) is 74.6 Å². The SMILES string of the molecule is c1cc(-c2cn[nH]c2C2CCCC2)cc(NC2CCCCC2)n1. The maximum absolute atomic E-state index is 4.53. The van der Waals surface area contributed by atoms with Crippen LogP contribution >= 0.6 is 0 Å². The minimum atomic E-state index is 0.588. The van der Waals surface area contributed by atoms with Crippen LogP contribution < -0.4 is 5.32 Å². The van der Waals surface area contributed by atoms with E-state index in [1.54, 1.807) is 0 Å². The zero-order valence-corrected chi connectivity index (χ0v) is 13.7. The van der Waals surface area contributed by atoms with Crippen LogP contribution in [0.25, 0.3) is 11.1 Å². The number of nitrogens with zero attached hydrogens (tertiary/aromatic N) is 2. The molecule has 0 amide bonds. The average molecular weight is 310 g/mol. The second kappa shape index (κ2) is 6.73. The molecule has 2 N–H and O–H groups in total. The third kappa shape index (κ3) is 3.26. The molecule has 0 saturated heterocycles. The van der Waals surface area contributed by atoms with E-state index in [4.69, 9.17) is 0 Å². The Morgan fingerprint density at radius 1 is 1.00 bits per heavy atom. The summed E-state index contributed by atoms with van der Waals surface area (Å²) >= 11 is 0. The lowest BCUT2D eigenvalue weighted by Crippen LogP contribution is -2.22. The average Bonchev–Trinajstić information content (AvgIpc) is 3.27. The predicted octanol–water partition coefficient (Wildman–Crippen LogP) is 4.87.